The minimum absolute atomic E-state index is 1.01. The van der Waals surface area contributed by atoms with Crippen LogP contribution >= 0.6 is 0 Å². The quantitative estimate of drug-likeness (QED) is 0.721. The average Bonchev–Trinajstić information content (AvgIpc) is 2.91. The van der Waals surface area contributed by atoms with Gasteiger partial charge in [0.25, 0.3) is 0 Å². The summed E-state index contributed by atoms with van der Waals surface area (Å²) in [6.45, 7) is 3.26. The van der Waals surface area contributed by atoms with Crippen molar-refractivity contribution < 1.29 is 0 Å². The lowest BCUT2D eigenvalue weighted by atomic mass is 9.99. The van der Waals surface area contributed by atoms with E-state index in [0.29, 0.717) is 0 Å². The van der Waals surface area contributed by atoms with Crippen LogP contribution < -0.4 is 0 Å². The van der Waals surface area contributed by atoms with Crippen LogP contribution in [-0.2, 0) is 19.4 Å². The van der Waals surface area contributed by atoms with Crippen LogP contribution in [-0.4, -0.2) is 9.78 Å². The summed E-state index contributed by atoms with van der Waals surface area (Å²) in [6, 6.07) is 10.8. The molecule has 0 amide bonds. The number of hydrogen-bond donors (Lipinski definition) is 0. The van der Waals surface area contributed by atoms with Gasteiger partial charge in [-0.25, -0.2) is 0 Å². The molecule has 2 heteroatoms. The molecule has 0 fully saturated rings. The third-order valence-electron chi connectivity index (χ3n) is 3.31. The summed E-state index contributed by atoms with van der Waals surface area (Å²) in [4.78, 5) is 0. The normalized spacial score (nSPS) is 10.7. The van der Waals surface area contributed by atoms with E-state index in [1.165, 1.54) is 30.4 Å². The third kappa shape index (κ3) is 3.73. The number of rotatable bonds is 7. The summed E-state index contributed by atoms with van der Waals surface area (Å²) >= 11 is 0. The van der Waals surface area contributed by atoms with E-state index in [0.717, 1.165) is 19.4 Å². The zero-order valence-corrected chi connectivity index (χ0v) is 11.2. The highest BCUT2D eigenvalue weighted by Crippen LogP contribution is 2.14. The highest BCUT2D eigenvalue weighted by atomic mass is 15.3. The largest absolute Gasteiger partial charge is 0.273 e. The number of hydrogen-bond acceptors (Lipinski definition) is 1. The molecule has 0 saturated carbocycles. The van der Waals surface area contributed by atoms with Crippen LogP contribution in [0.2, 0.25) is 0 Å². The molecule has 0 aliphatic heterocycles. The van der Waals surface area contributed by atoms with Gasteiger partial charge in [0.1, 0.15) is 0 Å². The molecule has 2 nitrogen and oxygen atoms in total. The van der Waals surface area contributed by atoms with Gasteiger partial charge in [0.2, 0.25) is 0 Å². The Morgan fingerprint density at radius 1 is 1.00 bits per heavy atom. The Morgan fingerprint density at radius 2 is 1.72 bits per heavy atom. The number of unbranched alkanes of at least 4 members (excludes halogenated alkanes) is 1. The van der Waals surface area contributed by atoms with Gasteiger partial charge >= 0.3 is 0 Å². The summed E-state index contributed by atoms with van der Waals surface area (Å²) in [5, 5.41) is 4.24. The minimum atomic E-state index is 1.01. The van der Waals surface area contributed by atoms with Crippen LogP contribution in [0.15, 0.2) is 42.7 Å². The van der Waals surface area contributed by atoms with E-state index in [4.69, 9.17) is 0 Å². The standard InChI is InChI=1S/C16H22N2/c1-2-3-8-15-9-4-5-10-16(15)11-6-13-18-14-7-12-17-18/h4-5,7,9-10,12,14H,2-3,6,8,11,13H2,1H3. The van der Waals surface area contributed by atoms with E-state index in [9.17, 15) is 0 Å². The number of nitrogens with zero attached hydrogens (tertiary/aromatic N) is 2. The van der Waals surface area contributed by atoms with E-state index < -0.39 is 0 Å². The molecule has 0 spiro atoms. The number of aromatic nitrogens is 2. The van der Waals surface area contributed by atoms with Gasteiger partial charge in [-0.05, 0) is 42.9 Å². The van der Waals surface area contributed by atoms with Crippen molar-refractivity contribution in [3.8, 4) is 0 Å². The van der Waals surface area contributed by atoms with Crippen LogP contribution in [0.25, 0.3) is 0 Å². The molecule has 2 aromatic rings. The molecule has 1 heterocycles. The summed E-state index contributed by atoms with van der Waals surface area (Å²) in [7, 11) is 0. The fraction of sp³-hybridized carbons (Fsp3) is 0.438. The Labute approximate surface area is 110 Å². The molecule has 1 aromatic carbocycles. The maximum Gasteiger partial charge on any atom is 0.0489 e. The average molecular weight is 242 g/mol. The first-order valence-electron chi connectivity index (χ1n) is 6.94. The van der Waals surface area contributed by atoms with Crippen LogP contribution in [0, 0.1) is 0 Å². The predicted molar refractivity (Wildman–Crippen MR) is 75.6 cm³/mol. The molecule has 1 aromatic heterocycles. The predicted octanol–water partition coefficient (Wildman–Crippen LogP) is 3.86. The first-order chi connectivity index (χ1) is 8.90. The summed E-state index contributed by atoms with van der Waals surface area (Å²) in [5.74, 6) is 0. The van der Waals surface area contributed by atoms with Crippen molar-refractivity contribution in [2.24, 2.45) is 0 Å². The molecule has 2 rings (SSSR count). The maximum atomic E-state index is 4.24. The van der Waals surface area contributed by atoms with Crippen molar-refractivity contribution in [3.05, 3.63) is 53.9 Å². The van der Waals surface area contributed by atoms with Crippen LogP contribution in [0.3, 0.4) is 0 Å². The summed E-state index contributed by atoms with van der Waals surface area (Å²) < 4.78 is 2.01. The van der Waals surface area contributed by atoms with Crippen molar-refractivity contribution in [2.45, 2.75) is 45.6 Å². The molecule has 0 N–H and O–H groups in total. The van der Waals surface area contributed by atoms with Gasteiger partial charge in [-0.2, -0.15) is 5.10 Å². The molecule has 96 valence electrons. The highest BCUT2D eigenvalue weighted by molar-refractivity contribution is 5.27. The van der Waals surface area contributed by atoms with Crippen molar-refractivity contribution in [2.75, 3.05) is 0 Å². The molecular formula is C16H22N2. The van der Waals surface area contributed by atoms with Crippen LogP contribution in [0.5, 0.6) is 0 Å². The molecule has 0 atom stereocenters. The van der Waals surface area contributed by atoms with E-state index in [1.807, 2.05) is 23.1 Å². The van der Waals surface area contributed by atoms with Crippen LogP contribution in [0.4, 0.5) is 0 Å². The second-order valence-electron chi connectivity index (χ2n) is 4.74. The Balaban J connectivity index is 1.87. The van der Waals surface area contributed by atoms with Gasteiger partial charge in [0.05, 0.1) is 0 Å². The zero-order chi connectivity index (χ0) is 12.6. The maximum absolute atomic E-state index is 4.24. The van der Waals surface area contributed by atoms with Gasteiger partial charge in [-0.15, -0.1) is 0 Å². The minimum Gasteiger partial charge on any atom is -0.273 e. The molecule has 0 saturated heterocycles. The fourth-order valence-electron chi connectivity index (χ4n) is 2.28. The Hall–Kier alpha value is -1.57. The summed E-state index contributed by atoms with van der Waals surface area (Å²) in [5.41, 5.74) is 3.04. The van der Waals surface area contributed by atoms with E-state index in [2.05, 4.69) is 36.3 Å². The van der Waals surface area contributed by atoms with Gasteiger partial charge in [-0.1, -0.05) is 37.6 Å². The van der Waals surface area contributed by atoms with Gasteiger partial charge in [-0.3, -0.25) is 4.68 Å². The molecule has 0 aliphatic rings. The second-order valence-corrected chi connectivity index (χ2v) is 4.74. The van der Waals surface area contributed by atoms with E-state index in [-0.39, 0.29) is 0 Å². The Morgan fingerprint density at radius 3 is 2.33 bits per heavy atom. The zero-order valence-electron chi connectivity index (χ0n) is 11.2. The van der Waals surface area contributed by atoms with Crippen molar-refractivity contribution in [3.63, 3.8) is 0 Å². The topological polar surface area (TPSA) is 17.8 Å². The number of aryl methyl sites for hydroxylation is 3. The van der Waals surface area contributed by atoms with E-state index >= 15 is 0 Å². The van der Waals surface area contributed by atoms with Crippen molar-refractivity contribution in [1.29, 1.82) is 0 Å². The summed E-state index contributed by atoms with van der Waals surface area (Å²) in [6.07, 6.45) is 9.95. The SMILES string of the molecule is CCCCc1ccccc1CCCn1cccn1. The Bertz CT molecular complexity index is 446. The van der Waals surface area contributed by atoms with Crippen molar-refractivity contribution in [1.82, 2.24) is 9.78 Å². The first kappa shape index (κ1) is 12.9. The Kier molecular flexibility index (Phi) is 5.00. The molecular weight excluding hydrogens is 220 g/mol. The van der Waals surface area contributed by atoms with Crippen LogP contribution in [0.1, 0.15) is 37.3 Å². The fourth-order valence-corrected chi connectivity index (χ4v) is 2.28. The molecule has 0 radical (unpaired) electrons. The lowest BCUT2D eigenvalue weighted by molar-refractivity contribution is 0.577. The van der Waals surface area contributed by atoms with Crippen molar-refractivity contribution >= 4 is 0 Å². The third-order valence-corrected chi connectivity index (χ3v) is 3.31. The lowest BCUT2D eigenvalue weighted by Gasteiger charge is -2.09. The molecule has 0 aliphatic carbocycles. The lowest BCUT2D eigenvalue weighted by Crippen LogP contribution is -2.01. The second kappa shape index (κ2) is 7.00. The van der Waals surface area contributed by atoms with Gasteiger partial charge < -0.3 is 0 Å². The molecule has 0 bridgehead atoms. The molecule has 18 heavy (non-hydrogen) atoms. The smallest absolute Gasteiger partial charge is 0.0489 e. The first-order valence-corrected chi connectivity index (χ1v) is 6.94. The number of benzene rings is 1. The van der Waals surface area contributed by atoms with E-state index in [1.54, 1.807) is 0 Å². The van der Waals surface area contributed by atoms with Gasteiger partial charge in [0.15, 0.2) is 0 Å². The molecule has 0 unspecified atom stereocenters. The van der Waals surface area contributed by atoms with Gasteiger partial charge in [0, 0.05) is 18.9 Å². The highest BCUT2D eigenvalue weighted by Gasteiger charge is 2.01. The monoisotopic (exact) mass is 242 g/mol.